The van der Waals surface area contributed by atoms with E-state index in [1.165, 1.54) is 0 Å². The first-order chi connectivity index (χ1) is 11.1. The largest absolute Gasteiger partial charge is 0.342 e. The highest BCUT2D eigenvalue weighted by Crippen LogP contribution is 2.22. The molecule has 0 fully saturated rings. The molecule has 0 spiro atoms. The Labute approximate surface area is 137 Å². The van der Waals surface area contributed by atoms with Gasteiger partial charge in [-0.05, 0) is 26.1 Å². The second kappa shape index (κ2) is 7.89. The molecule has 0 saturated heterocycles. The fourth-order valence-corrected chi connectivity index (χ4v) is 2.41. The molecule has 2 aromatic rings. The average molecular weight is 315 g/mol. The van der Waals surface area contributed by atoms with Gasteiger partial charge in [-0.15, -0.1) is 0 Å². The predicted molar refractivity (Wildman–Crippen MR) is 92.0 cm³/mol. The van der Waals surface area contributed by atoms with Gasteiger partial charge in [0.05, 0.1) is 5.69 Å². The average Bonchev–Trinajstić information content (AvgIpc) is 3.01. The second-order valence-corrected chi connectivity index (χ2v) is 5.68. The molecule has 0 radical (unpaired) electrons. The van der Waals surface area contributed by atoms with Gasteiger partial charge in [-0.3, -0.25) is 9.89 Å². The molecule has 1 aromatic heterocycles. The summed E-state index contributed by atoms with van der Waals surface area (Å²) in [6.45, 7) is 4.90. The highest BCUT2D eigenvalue weighted by Gasteiger charge is 2.13. The molecule has 0 aliphatic heterocycles. The molecule has 1 heterocycles. The number of carbonyl (C=O) groups is 1. The van der Waals surface area contributed by atoms with Gasteiger partial charge in [0.25, 0.3) is 5.91 Å². The highest BCUT2D eigenvalue weighted by atomic mass is 16.2. The van der Waals surface area contributed by atoms with Crippen LogP contribution in [0.1, 0.15) is 22.8 Å². The van der Waals surface area contributed by atoms with Crippen LogP contribution in [0.25, 0.3) is 11.3 Å². The zero-order valence-corrected chi connectivity index (χ0v) is 14.0. The van der Waals surface area contributed by atoms with E-state index in [1.54, 1.807) is 11.9 Å². The number of benzene rings is 1. The number of hydrogen-bond donors (Lipinski definition) is 2. The van der Waals surface area contributed by atoms with Crippen molar-refractivity contribution in [3.63, 3.8) is 0 Å². The fourth-order valence-electron chi connectivity index (χ4n) is 2.41. The van der Waals surface area contributed by atoms with Gasteiger partial charge in [0, 0.05) is 56.1 Å². The molecular formula is C17H25N5O. The normalized spacial score (nSPS) is 11.0. The molecule has 1 aromatic carbocycles. The van der Waals surface area contributed by atoms with E-state index in [0.717, 1.165) is 29.9 Å². The summed E-state index contributed by atoms with van der Waals surface area (Å²) in [5.74, 6) is 0.0315. The van der Waals surface area contributed by atoms with Gasteiger partial charge < -0.3 is 15.5 Å². The molecule has 0 saturated carbocycles. The fraction of sp³-hybridized carbons (Fsp3) is 0.412. The van der Waals surface area contributed by atoms with Crippen molar-refractivity contribution in [1.29, 1.82) is 0 Å². The monoisotopic (exact) mass is 315 g/mol. The Kier molecular flexibility index (Phi) is 5.90. The van der Waals surface area contributed by atoms with Crippen molar-refractivity contribution in [3.8, 4) is 11.3 Å². The lowest BCUT2D eigenvalue weighted by atomic mass is 10.1. The number of aromatic amines is 1. The molecule has 0 atom stereocenters. The molecule has 1 amide bonds. The van der Waals surface area contributed by atoms with E-state index in [-0.39, 0.29) is 5.91 Å². The Balaban J connectivity index is 2.17. The summed E-state index contributed by atoms with van der Waals surface area (Å²) in [5, 5.41) is 7.27. The van der Waals surface area contributed by atoms with Crippen LogP contribution >= 0.6 is 0 Å². The Morgan fingerprint density at radius 1 is 1.26 bits per heavy atom. The minimum absolute atomic E-state index is 0.0315. The van der Waals surface area contributed by atoms with Crippen LogP contribution in [0.4, 0.5) is 0 Å². The Morgan fingerprint density at radius 3 is 2.57 bits per heavy atom. The molecule has 6 heteroatoms. The Morgan fingerprint density at radius 2 is 1.96 bits per heavy atom. The summed E-state index contributed by atoms with van der Waals surface area (Å²) >= 11 is 0. The van der Waals surface area contributed by atoms with Crippen LogP contribution in [0.3, 0.4) is 0 Å². The molecule has 0 bridgehead atoms. The van der Waals surface area contributed by atoms with Crippen molar-refractivity contribution in [2.24, 2.45) is 5.73 Å². The molecule has 2 rings (SSSR count). The van der Waals surface area contributed by atoms with Gasteiger partial charge in [0.1, 0.15) is 0 Å². The van der Waals surface area contributed by atoms with Crippen LogP contribution in [0.15, 0.2) is 30.5 Å². The van der Waals surface area contributed by atoms with Gasteiger partial charge >= 0.3 is 0 Å². The highest BCUT2D eigenvalue weighted by molar-refractivity contribution is 5.94. The number of carbonyl (C=O) groups excluding carboxylic acids is 1. The molecule has 0 aliphatic rings. The number of rotatable bonds is 7. The number of likely N-dealkylation sites (N-methyl/N-ethyl adjacent to an activating group) is 1. The standard InChI is InChI=1S/C17H25N5O/c1-4-22(3)17(23)14-7-5-13(6-8-14)16-15(11-19-20-16)12-21(2)10-9-18/h5-8,11H,4,9-10,12,18H2,1-3H3,(H,19,20). The van der Waals surface area contributed by atoms with Crippen LogP contribution in [0.5, 0.6) is 0 Å². The predicted octanol–water partition coefficient (Wildman–Crippen LogP) is 1.56. The number of H-pyrrole nitrogens is 1. The molecule has 124 valence electrons. The first kappa shape index (κ1) is 17.2. The number of nitrogens with two attached hydrogens (primary N) is 1. The maximum atomic E-state index is 12.1. The molecule has 6 nitrogen and oxygen atoms in total. The van der Waals surface area contributed by atoms with E-state index in [0.29, 0.717) is 18.7 Å². The zero-order chi connectivity index (χ0) is 16.8. The van der Waals surface area contributed by atoms with E-state index in [2.05, 4.69) is 15.1 Å². The Hall–Kier alpha value is -2.18. The summed E-state index contributed by atoms with van der Waals surface area (Å²) in [5.41, 5.74) is 9.31. The third kappa shape index (κ3) is 4.18. The van der Waals surface area contributed by atoms with Crippen molar-refractivity contribution in [1.82, 2.24) is 20.0 Å². The van der Waals surface area contributed by atoms with Crippen molar-refractivity contribution in [3.05, 3.63) is 41.6 Å². The van der Waals surface area contributed by atoms with Crippen LogP contribution in [-0.4, -0.2) is 59.6 Å². The van der Waals surface area contributed by atoms with Crippen LogP contribution in [0.2, 0.25) is 0 Å². The van der Waals surface area contributed by atoms with Gasteiger partial charge in [-0.2, -0.15) is 5.10 Å². The van der Waals surface area contributed by atoms with Crippen molar-refractivity contribution in [2.45, 2.75) is 13.5 Å². The number of hydrogen-bond acceptors (Lipinski definition) is 4. The smallest absolute Gasteiger partial charge is 0.253 e. The zero-order valence-electron chi connectivity index (χ0n) is 14.0. The van der Waals surface area contributed by atoms with Gasteiger partial charge in [-0.1, -0.05) is 12.1 Å². The van der Waals surface area contributed by atoms with Crippen LogP contribution in [-0.2, 0) is 6.54 Å². The summed E-state index contributed by atoms with van der Waals surface area (Å²) < 4.78 is 0. The van der Waals surface area contributed by atoms with Crippen LogP contribution in [0, 0.1) is 0 Å². The van der Waals surface area contributed by atoms with Gasteiger partial charge in [-0.25, -0.2) is 0 Å². The van der Waals surface area contributed by atoms with E-state index in [9.17, 15) is 4.79 Å². The summed E-state index contributed by atoms with van der Waals surface area (Å²) in [4.78, 5) is 16.0. The van der Waals surface area contributed by atoms with Gasteiger partial charge in [0.2, 0.25) is 0 Å². The summed E-state index contributed by atoms with van der Waals surface area (Å²) in [7, 11) is 3.83. The third-order valence-corrected chi connectivity index (χ3v) is 3.90. The number of amides is 1. The number of nitrogens with zero attached hydrogens (tertiary/aromatic N) is 3. The first-order valence-electron chi connectivity index (χ1n) is 7.84. The van der Waals surface area contributed by atoms with E-state index >= 15 is 0 Å². The molecule has 3 N–H and O–H groups in total. The minimum atomic E-state index is 0.0315. The van der Waals surface area contributed by atoms with Gasteiger partial charge in [0.15, 0.2) is 0 Å². The van der Waals surface area contributed by atoms with E-state index < -0.39 is 0 Å². The van der Waals surface area contributed by atoms with Crippen molar-refractivity contribution >= 4 is 5.91 Å². The van der Waals surface area contributed by atoms with Crippen molar-refractivity contribution < 1.29 is 4.79 Å². The summed E-state index contributed by atoms with van der Waals surface area (Å²) in [6, 6.07) is 7.59. The number of nitrogens with one attached hydrogen (secondary N) is 1. The minimum Gasteiger partial charge on any atom is -0.342 e. The lowest BCUT2D eigenvalue weighted by Crippen LogP contribution is -2.26. The van der Waals surface area contributed by atoms with Crippen LogP contribution < -0.4 is 5.73 Å². The van der Waals surface area contributed by atoms with E-state index in [1.807, 2.05) is 44.4 Å². The maximum Gasteiger partial charge on any atom is 0.253 e. The maximum absolute atomic E-state index is 12.1. The molecule has 0 unspecified atom stereocenters. The third-order valence-electron chi connectivity index (χ3n) is 3.90. The second-order valence-electron chi connectivity index (χ2n) is 5.68. The summed E-state index contributed by atoms with van der Waals surface area (Å²) in [6.07, 6.45) is 1.91. The Bertz CT molecular complexity index is 635. The quantitative estimate of drug-likeness (QED) is 0.813. The lowest BCUT2D eigenvalue weighted by molar-refractivity contribution is 0.0802. The SMILES string of the molecule is CCN(C)C(=O)c1ccc(-c2n[nH]cc2CN(C)CCN)cc1. The molecule has 23 heavy (non-hydrogen) atoms. The first-order valence-corrected chi connectivity index (χ1v) is 7.84. The lowest BCUT2D eigenvalue weighted by Gasteiger charge is -2.16. The molecular weight excluding hydrogens is 290 g/mol. The number of aromatic nitrogens is 2. The van der Waals surface area contributed by atoms with Crippen molar-refractivity contribution in [2.75, 3.05) is 33.7 Å². The topological polar surface area (TPSA) is 78.2 Å². The molecule has 0 aliphatic carbocycles. The van der Waals surface area contributed by atoms with E-state index in [4.69, 9.17) is 5.73 Å².